The minimum absolute atomic E-state index is 0.544. The van der Waals surface area contributed by atoms with Crippen LogP contribution in [0.1, 0.15) is 105 Å². The van der Waals surface area contributed by atoms with E-state index in [-0.39, 0.29) is 0 Å². The molecule has 0 amide bonds. The molecule has 0 saturated heterocycles. The van der Waals surface area contributed by atoms with Crippen molar-refractivity contribution in [3.63, 3.8) is 0 Å². The van der Waals surface area contributed by atoms with E-state index in [4.69, 9.17) is 4.74 Å². The van der Waals surface area contributed by atoms with Crippen LogP contribution in [0.3, 0.4) is 0 Å². The molecule has 2 aliphatic carbocycles. The van der Waals surface area contributed by atoms with Crippen molar-refractivity contribution in [2.75, 3.05) is 0 Å². The van der Waals surface area contributed by atoms with Crippen LogP contribution in [0.15, 0.2) is 0 Å². The second-order valence-corrected chi connectivity index (χ2v) is 8.80. The molecular formula is C22H42O. The summed E-state index contributed by atoms with van der Waals surface area (Å²) in [6, 6.07) is 0. The standard InChI is InChI=1S/C22H42O/c1-5-17(3)15-21(19-11-7-8-12-19)23-22(16-18(4)6-2)20-13-9-10-14-20/h17-22H,5-16H2,1-4H3. The zero-order chi connectivity index (χ0) is 16.7. The van der Waals surface area contributed by atoms with Crippen molar-refractivity contribution >= 4 is 0 Å². The molecule has 0 aromatic carbocycles. The fourth-order valence-electron chi connectivity index (χ4n) is 4.73. The van der Waals surface area contributed by atoms with Gasteiger partial charge in [-0.2, -0.15) is 0 Å². The van der Waals surface area contributed by atoms with Gasteiger partial charge in [0.25, 0.3) is 0 Å². The lowest BCUT2D eigenvalue weighted by Crippen LogP contribution is -2.34. The Labute approximate surface area is 146 Å². The summed E-state index contributed by atoms with van der Waals surface area (Å²) < 4.78 is 6.96. The lowest BCUT2D eigenvalue weighted by Gasteiger charge is -2.34. The van der Waals surface area contributed by atoms with Gasteiger partial charge in [0.1, 0.15) is 0 Å². The Hall–Kier alpha value is -0.0400. The van der Waals surface area contributed by atoms with E-state index in [0.717, 1.165) is 23.7 Å². The SMILES string of the molecule is CCC(C)CC(OC(CC(C)CC)C1CCCC1)C1CCCC1. The van der Waals surface area contributed by atoms with Crippen molar-refractivity contribution in [2.24, 2.45) is 23.7 Å². The quantitative estimate of drug-likeness (QED) is 0.421. The Morgan fingerprint density at radius 3 is 1.35 bits per heavy atom. The molecule has 2 fully saturated rings. The smallest absolute Gasteiger partial charge is 0.0609 e. The largest absolute Gasteiger partial charge is 0.374 e. The highest BCUT2D eigenvalue weighted by molar-refractivity contribution is 4.83. The third kappa shape index (κ3) is 6.07. The first-order valence-corrected chi connectivity index (χ1v) is 10.8. The summed E-state index contributed by atoms with van der Waals surface area (Å²) in [5.41, 5.74) is 0. The predicted molar refractivity (Wildman–Crippen MR) is 101 cm³/mol. The molecule has 4 atom stereocenters. The first kappa shape index (κ1) is 19.3. The Bertz CT molecular complexity index is 271. The fourth-order valence-corrected chi connectivity index (χ4v) is 4.73. The molecule has 0 N–H and O–H groups in total. The molecule has 1 nitrogen and oxygen atoms in total. The van der Waals surface area contributed by atoms with Crippen LogP contribution in [0, 0.1) is 23.7 Å². The van der Waals surface area contributed by atoms with Crippen molar-refractivity contribution in [3.05, 3.63) is 0 Å². The van der Waals surface area contributed by atoms with Gasteiger partial charge >= 0.3 is 0 Å². The number of rotatable bonds is 10. The lowest BCUT2D eigenvalue weighted by atomic mass is 9.88. The average molecular weight is 323 g/mol. The van der Waals surface area contributed by atoms with Crippen LogP contribution >= 0.6 is 0 Å². The molecule has 4 unspecified atom stereocenters. The van der Waals surface area contributed by atoms with Gasteiger partial charge in [-0.1, -0.05) is 66.2 Å². The van der Waals surface area contributed by atoms with Gasteiger partial charge in [-0.3, -0.25) is 0 Å². The summed E-state index contributed by atoms with van der Waals surface area (Å²) in [6.07, 6.45) is 17.7. The zero-order valence-electron chi connectivity index (χ0n) is 16.4. The molecule has 0 bridgehead atoms. The van der Waals surface area contributed by atoms with Crippen molar-refractivity contribution < 1.29 is 4.74 Å². The van der Waals surface area contributed by atoms with E-state index in [9.17, 15) is 0 Å². The van der Waals surface area contributed by atoms with Crippen LogP contribution in [-0.2, 0) is 4.74 Å². The highest BCUT2D eigenvalue weighted by atomic mass is 16.5. The summed E-state index contributed by atoms with van der Waals surface area (Å²) in [5, 5.41) is 0. The van der Waals surface area contributed by atoms with Crippen LogP contribution in [-0.4, -0.2) is 12.2 Å². The lowest BCUT2D eigenvalue weighted by molar-refractivity contribution is -0.0841. The second-order valence-electron chi connectivity index (χ2n) is 8.80. The van der Waals surface area contributed by atoms with Crippen LogP contribution < -0.4 is 0 Å². The monoisotopic (exact) mass is 322 g/mol. The minimum Gasteiger partial charge on any atom is -0.374 e. The third-order valence-electron chi connectivity index (χ3n) is 6.86. The molecule has 2 aliphatic rings. The maximum atomic E-state index is 6.96. The summed E-state index contributed by atoms with van der Waals surface area (Å²) in [5.74, 6) is 3.33. The molecule has 23 heavy (non-hydrogen) atoms. The fraction of sp³-hybridized carbons (Fsp3) is 1.00. The zero-order valence-corrected chi connectivity index (χ0v) is 16.4. The molecule has 0 radical (unpaired) electrons. The maximum absolute atomic E-state index is 6.96. The van der Waals surface area contributed by atoms with Crippen molar-refractivity contribution in [1.82, 2.24) is 0 Å². The molecular weight excluding hydrogens is 280 g/mol. The van der Waals surface area contributed by atoms with Gasteiger partial charge in [0.15, 0.2) is 0 Å². The molecule has 1 heteroatoms. The van der Waals surface area contributed by atoms with Gasteiger partial charge in [-0.15, -0.1) is 0 Å². The van der Waals surface area contributed by atoms with Crippen molar-refractivity contribution in [3.8, 4) is 0 Å². The summed E-state index contributed by atoms with van der Waals surface area (Å²) in [7, 11) is 0. The van der Waals surface area contributed by atoms with E-state index < -0.39 is 0 Å². The van der Waals surface area contributed by atoms with E-state index in [1.807, 2.05) is 0 Å². The number of ether oxygens (including phenoxy) is 1. The second kappa shape index (κ2) is 10.1. The van der Waals surface area contributed by atoms with E-state index in [0.29, 0.717) is 12.2 Å². The summed E-state index contributed by atoms with van der Waals surface area (Å²) in [4.78, 5) is 0. The topological polar surface area (TPSA) is 9.23 Å². The molecule has 0 aliphatic heterocycles. The number of hydrogen-bond acceptors (Lipinski definition) is 1. The Morgan fingerprint density at radius 2 is 1.04 bits per heavy atom. The van der Waals surface area contributed by atoms with Crippen LogP contribution in [0.2, 0.25) is 0 Å². The first-order chi connectivity index (χ1) is 11.1. The molecule has 2 rings (SSSR count). The predicted octanol–water partition coefficient (Wildman–Crippen LogP) is 6.99. The van der Waals surface area contributed by atoms with Gasteiger partial charge in [0.2, 0.25) is 0 Å². The van der Waals surface area contributed by atoms with Crippen molar-refractivity contribution in [2.45, 2.75) is 117 Å². The van der Waals surface area contributed by atoms with Crippen LogP contribution in [0.4, 0.5) is 0 Å². The summed E-state index contributed by atoms with van der Waals surface area (Å²) in [6.45, 7) is 9.52. The van der Waals surface area contributed by atoms with Gasteiger partial charge in [0.05, 0.1) is 12.2 Å². The molecule has 0 spiro atoms. The van der Waals surface area contributed by atoms with E-state index in [1.54, 1.807) is 0 Å². The normalized spacial score (nSPS) is 25.6. The third-order valence-corrected chi connectivity index (χ3v) is 6.86. The van der Waals surface area contributed by atoms with E-state index in [2.05, 4.69) is 27.7 Å². The van der Waals surface area contributed by atoms with Gasteiger partial charge in [-0.05, 0) is 62.2 Å². The van der Waals surface area contributed by atoms with Crippen LogP contribution in [0.25, 0.3) is 0 Å². The minimum atomic E-state index is 0.544. The van der Waals surface area contributed by atoms with Gasteiger partial charge < -0.3 is 4.74 Å². The van der Waals surface area contributed by atoms with Crippen molar-refractivity contribution in [1.29, 1.82) is 0 Å². The summed E-state index contributed by atoms with van der Waals surface area (Å²) >= 11 is 0. The molecule has 136 valence electrons. The average Bonchev–Trinajstić information content (AvgIpc) is 3.25. The maximum Gasteiger partial charge on any atom is 0.0609 e. The Kier molecular flexibility index (Phi) is 8.44. The molecule has 2 saturated carbocycles. The molecule has 0 aromatic rings. The van der Waals surface area contributed by atoms with E-state index >= 15 is 0 Å². The number of hydrogen-bond donors (Lipinski definition) is 0. The Balaban J connectivity index is 2.00. The van der Waals surface area contributed by atoms with E-state index in [1.165, 1.54) is 77.0 Å². The first-order valence-electron chi connectivity index (χ1n) is 10.8. The highest BCUT2D eigenvalue weighted by Crippen LogP contribution is 2.38. The molecule has 0 aromatic heterocycles. The molecule has 0 heterocycles. The highest BCUT2D eigenvalue weighted by Gasteiger charge is 2.33. The Morgan fingerprint density at radius 1 is 0.696 bits per heavy atom. The van der Waals surface area contributed by atoms with Crippen LogP contribution in [0.5, 0.6) is 0 Å². The van der Waals surface area contributed by atoms with Gasteiger partial charge in [-0.25, -0.2) is 0 Å². The van der Waals surface area contributed by atoms with Gasteiger partial charge in [0, 0.05) is 0 Å².